The average molecular weight is 297 g/mol. The van der Waals surface area contributed by atoms with E-state index in [1.807, 2.05) is 5.51 Å². The molecule has 1 aromatic heterocycles. The second kappa shape index (κ2) is 8.08. The standard InChI is InChI=1S/C15H27N3OS/c1-12(2)8-14(18-4-6-19-7-5-18)9-16-13(3)15-10-20-11-17-15/h10-14,16H,4-9H2,1-3H3. The summed E-state index contributed by atoms with van der Waals surface area (Å²) in [5.74, 6) is 0.722. The van der Waals surface area contributed by atoms with Gasteiger partial charge in [0.1, 0.15) is 0 Å². The molecule has 4 nitrogen and oxygen atoms in total. The summed E-state index contributed by atoms with van der Waals surface area (Å²) >= 11 is 1.66. The minimum absolute atomic E-state index is 0.331. The predicted molar refractivity (Wildman–Crippen MR) is 84.2 cm³/mol. The SMILES string of the molecule is CC(C)CC(CNC(C)c1cscn1)N1CCOCC1. The Morgan fingerprint density at radius 2 is 2.10 bits per heavy atom. The molecule has 2 atom stereocenters. The van der Waals surface area contributed by atoms with E-state index in [-0.39, 0.29) is 0 Å². The number of hydrogen-bond acceptors (Lipinski definition) is 5. The fourth-order valence-electron chi connectivity index (χ4n) is 2.70. The number of nitrogens with one attached hydrogen (secondary N) is 1. The third-order valence-corrected chi connectivity index (χ3v) is 4.46. The van der Waals surface area contributed by atoms with Crippen LogP contribution in [-0.4, -0.2) is 48.8 Å². The van der Waals surface area contributed by atoms with Crippen LogP contribution in [0.15, 0.2) is 10.9 Å². The molecular formula is C15H27N3OS. The van der Waals surface area contributed by atoms with Crippen molar-refractivity contribution in [1.29, 1.82) is 0 Å². The maximum Gasteiger partial charge on any atom is 0.0795 e. The Balaban J connectivity index is 1.86. The van der Waals surface area contributed by atoms with E-state index in [0.717, 1.165) is 44.5 Å². The largest absolute Gasteiger partial charge is 0.379 e. The van der Waals surface area contributed by atoms with Gasteiger partial charge in [0.15, 0.2) is 0 Å². The highest BCUT2D eigenvalue weighted by atomic mass is 32.1. The number of rotatable bonds is 7. The molecule has 0 radical (unpaired) electrons. The van der Waals surface area contributed by atoms with Gasteiger partial charge in [0.2, 0.25) is 0 Å². The van der Waals surface area contributed by atoms with Gasteiger partial charge in [0.25, 0.3) is 0 Å². The molecule has 2 unspecified atom stereocenters. The lowest BCUT2D eigenvalue weighted by molar-refractivity contribution is 0.0119. The van der Waals surface area contributed by atoms with Crippen molar-refractivity contribution >= 4 is 11.3 Å². The summed E-state index contributed by atoms with van der Waals surface area (Å²) in [6, 6.07) is 0.928. The molecule has 0 amide bonds. The molecule has 1 fully saturated rings. The summed E-state index contributed by atoms with van der Waals surface area (Å²) in [4.78, 5) is 6.96. The first-order valence-electron chi connectivity index (χ1n) is 7.60. The van der Waals surface area contributed by atoms with Crippen LogP contribution in [0.3, 0.4) is 0 Å². The molecule has 114 valence electrons. The van der Waals surface area contributed by atoms with Crippen molar-refractivity contribution in [3.8, 4) is 0 Å². The Hall–Kier alpha value is -0.490. The zero-order valence-corrected chi connectivity index (χ0v) is 13.7. The molecule has 0 aliphatic carbocycles. The lowest BCUT2D eigenvalue weighted by Gasteiger charge is -2.36. The molecule has 0 spiro atoms. The molecular weight excluding hydrogens is 270 g/mol. The van der Waals surface area contributed by atoms with Gasteiger partial charge < -0.3 is 10.1 Å². The van der Waals surface area contributed by atoms with Crippen molar-refractivity contribution in [2.24, 2.45) is 5.92 Å². The van der Waals surface area contributed by atoms with Crippen LogP contribution in [0.1, 0.15) is 38.9 Å². The number of aromatic nitrogens is 1. The lowest BCUT2D eigenvalue weighted by Crippen LogP contribution is -2.48. The highest BCUT2D eigenvalue weighted by Gasteiger charge is 2.22. The van der Waals surface area contributed by atoms with Crippen molar-refractivity contribution in [3.05, 3.63) is 16.6 Å². The van der Waals surface area contributed by atoms with E-state index in [2.05, 4.69) is 41.4 Å². The monoisotopic (exact) mass is 297 g/mol. The summed E-state index contributed by atoms with van der Waals surface area (Å²) in [5, 5.41) is 5.78. The van der Waals surface area contributed by atoms with Crippen LogP contribution in [0.4, 0.5) is 0 Å². The predicted octanol–water partition coefficient (Wildman–Crippen LogP) is 2.54. The van der Waals surface area contributed by atoms with E-state index in [9.17, 15) is 0 Å². The number of ether oxygens (including phenoxy) is 1. The Morgan fingerprint density at radius 1 is 1.35 bits per heavy atom. The quantitative estimate of drug-likeness (QED) is 0.839. The van der Waals surface area contributed by atoms with Gasteiger partial charge in [-0.1, -0.05) is 13.8 Å². The van der Waals surface area contributed by atoms with Gasteiger partial charge in [-0.05, 0) is 19.3 Å². The zero-order chi connectivity index (χ0) is 14.4. The third-order valence-electron chi connectivity index (χ3n) is 3.86. The van der Waals surface area contributed by atoms with Gasteiger partial charge in [-0.15, -0.1) is 11.3 Å². The highest BCUT2D eigenvalue weighted by Crippen LogP contribution is 2.16. The van der Waals surface area contributed by atoms with Gasteiger partial charge in [-0.25, -0.2) is 4.98 Å². The Kier molecular flexibility index (Phi) is 6.42. The molecule has 1 aliphatic rings. The minimum atomic E-state index is 0.331. The Morgan fingerprint density at radius 3 is 2.70 bits per heavy atom. The first kappa shape index (κ1) is 15.9. The maximum atomic E-state index is 5.47. The molecule has 0 bridgehead atoms. The number of hydrogen-bond donors (Lipinski definition) is 1. The summed E-state index contributed by atoms with van der Waals surface area (Å²) in [7, 11) is 0. The molecule has 1 saturated heterocycles. The summed E-state index contributed by atoms with van der Waals surface area (Å²) in [6.07, 6.45) is 1.23. The zero-order valence-electron chi connectivity index (χ0n) is 12.8. The fraction of sp³-hybridized carbons (Fsp3) is 0.800. The first-order valence-corrected chi connectivity index (χ1v) is 8.54. The van der Waals surface area contributed by atoms with E-state index in [1.165, 1.54) is 6.42 Å². The summed E-state index contributed by atoms with van der Waals surface area (Å²) < 4.78 is 5.47. The summed E-state index contributed by atoms with van der Waals surface area (Å²) in [6.45, 7) is 11.7. The molecule has 0 aromatic carbocycles. The van der Waals surface area contributed by atoms with Crippen molar-refractivity contribution in [2.45, 2.75) is 39.3 Å². The fourth-order valence-corrected chi connectivity index (χ4v) is 3.35. The minimum Gasteiger partial charge on any atom is -0.379 e. The van der Waals surface area contributed by atoms with E-state index in [1.54, 1.807) is 11.3 Å². The maximum absolute atomic E-state index is 5.47. The van der Waals surface area contributed by atoms with Crippen molar-refractivity contribution in [1.82, 2.24) is 15.2 Å². The molecule has 5 heteroatoms. The van der Waals surface area contributed by atoms with Crippen LogP contribution in [0.2, 0.25) is 0 Å². The van der Waals surface area contributed by atoms with E-state index < -0.39 is 0 Å². The third kappa shape index (κ3) is 4.81. The molecule has 1 aliphatic heterocycles. The number of thiazole rings is 1. The van der Waals surface area contributed by atoms with Gasteiger partial charge in [-0.3, -0.25) is 4.90 Å². The van der Waals surface area contributed by atoms with Crippen LogP contribution in [0, 0.1) is 5.92 Å². The van der Waals surface area contributed by atoms with Crippen molar-refractivity contribution < 1.29 is 4.74 Å². The van der Waals surface area contributed by atoms with Crippen LogP contribution >= 0.6 is 11.3 Å². The molecule has 2 rings (SSSR count). The molecule has 2 heterocycles. The van der Waals surface area contributed by atoms with Crippen molar-refractivity contribution in [3.63, 3.8) is 0 Å². The van der Waals surface area contributed by atoms with Crippen LogP contribution in [0.5, 0.6) is 0 Å². The van der Waals surface area contributed by atoms with Crippen LogP contribution in [0.25, 0.3) is 0 Å². The number of nitrogens with zero attached hydrogens (tertiary/aromatic N) is 2. The topological polar surface area (TPSA) is 37.4 Å². The molecule has 0 saturated carbocycles. The second-order valence-electron chi connectivity index (χ2n) is 5.97. The second-order valence-corrected chi connectivity index (χ2v) is 6.69. The molecule has 20 heavy (non-hydrogen) atoms. The van der Waals surface area contributed by atoms with Gasteiger partial charge in [0.05, 0.1) is 24.4 Å². The van der Waals surface area contributed by atoms with Crippen LogP contribution in [-0.2, 0) is 4.74 Å². The van der Waals surface area contributed by atoms with Gasteiger partial charge >= 0.3 is 0 Å². The summed E-state index contributed by atoms with van der Waals surface area (Å²) in [5.41, 5.74) is 3.06. The van der Waals surface area contributed by atoms with E-state index in [0.29, 0.717) is 12.1 Å². The first-order chi connectivity index (χ1) is 9.66. The highest BCUT2D eigenvalue weighted by molar-refractivity contribution is 7.07. The number of morpholine rings is 1. The molecule has 1 aromatic rings. The van der Waals surface area contributed by atoms with Gasteiger partial charge in [-0.2, -0.15) is 0 Å². The molecule has 1 N–H and O–H groups in total. The van der Waals surface area contributed by atoms with Gasteiger partial charge in [0, 0.05) is 37.1 Å². The van der Waals surface area contributed by atoms with Crippen LogP contribution < -0.4 is 5.32 Å². The average Bonchev–Trinajstić information content (AvgIpc) is 2.98. The van der Waals surface area contributed by atoms with E-state index >= 15 is 0 Å². The Bertz CT molecular complexity index is 363. The van der Waals surface area contributed by atoms with E-state index in [4.69, 9.17) is 4.74 Å². The normalized spacial score (nSPS) is 20.2. The Labute approximate surface area is 126 Å². The van der Waals surface area contributed by atoms with Crippen molar-refractivity contribution in [2.75, 3.05) is 32.8 Å². The smallest absolute Gasteiger partial charge is 0.0795 e. The lowest BCUT2D eigenvalue weighted by atomic mass is 10.0.